The summed E-state index contributed by atoms with van der Waals surface area (Å²) in [5.41, 5.74) is 1.23. The highest BCUT2D eigenvalue weighted by Gasteiger charge is 2.38. The largest absolute Gasteiger partial charge is 0.487 e. The normalized spacial score (nSPS) is 20.2. The maximum absolute atomic E-state index is 13.6. The summed E-state index contributed by atoms with van der Waals surface area (Å²) in [6.07, 6.45) is 0.244. The number of carbonyl (C=O) groups is 1. The molecule has 1 N–H and O–H groups in total. The molecule has 0 radical (unpaired) electrons. The molecule has 1 heterocycles. The first-order chi connectivity index (χ1) is 17.0. The fourth-order valence-corrected chi connectivity index (χ4v) is 5.86. The van der Waals surface area contributed by atoms with E-state index >= 15 is 0 Å². The van der Waals surface area contributed by atoms with Crippen molar-refractivity contribution >= 4 is 15.9 Å². The van der Waals surface area contributed by atoms with E-state index in [-0.39, 0.29) is 42.2 Å². The number of aliphatic hydroxyl groups is 1. The Balaban J connectivity index is 2.00. The van der Waals surface area contributed by atoms with Gasteiger partial charge in [-0.25, -0.2) is 8.42 Å². The van der Waals surface area contributed by atoms with Gasteiger partial charge in [0.2, 0.25) is 10.0 Å². The topological polar surface area (TPSA) is 87.2 Å². The Hall–Kier alpha value is -2.86. The Labute approximate surface area is 215 Å². The lowest BCUT2D eigenvalue weighted by Gasteiger charge is -2.37. The lowest BCUT2D eigenvalue weighted by Crippen LogP contribution is -2.50. The maximum Gasteiger partial charge on any atom is 0.253 e. The van der Waals surface area contributed by atoms with Gasteiger partial charge in [-0.1, -0.05) is 50.8 Å². The highest BCUT2D eigenvalue weighted by molar-refractivity contribution is 7.89. The highest BCUT2D eigenvalue weighted by atomic mass is 32.2. The molecule has 0 spiro atoms. The second-order valence-corrected chi connectivity index (χ2v) is 11.7. The van der Waals surface area contributed by atoms with Gasteiger partial charge >= 0.3 is 0 Å². The number of amides is 1. The van der Waals surface area contributed by atoms with Gasteiger partial charge in [0.1, 0.15) is 16.7 Å². The van der Waals surface area contributed by atoms with Gasteiger partial charge in [-0.15, -0.1) is 0 Å². The molecule has 0 aromatic heterocycles. The van der Waals surface area contributed by atoms with Crippen molar-refractivity contribution in [1.29, 1.82) is 0 Å². The SMILES string of the molecule is CC(C)CC#Cc1ccc2c(c1)O[C@@H](CN(C)C(=O)c1ccccc1)[C@@H](C)CN([C@H](C)CO)S2(=O)=O. The maximum atomic E-state index is 13.6. The van der Waals surface area contributed by atoms with E-state index in [0.29, 0.717) is 17.0 Å². The van der Waals surface area contributed by atoms with E-state index < -0.39 is 22.2 Å². The number of likely N-dealkylation sites (N-methyl/N-ethyl adjacent to an activating group) is 1. The van der Waals surface area contributed by atoms with Gasteiger partial charge in [0.25, 0.3) is 5.91 Å². The molecule has 0 fully saturated rings. The smallest absolute Gasteiger partial charge is 0.253 e. The molecule has 2 aromatic rings. The third-order valence-corrected chi connectivity index (χ3v) is 8.25. The fourth-order valence-electron chi connectivity index (χ4n) is 4.03. The number of carbonyl (C=O) groups excluding carboxylic acids is 1. The first-order valence-corrected chi connectivity index (χ1v) is 13.7. The summed E-state index contributed by atoms with van der Waals surface area (Å²) in [6.45, 7) is 7.85. The van der Waals surface area contributed by atoms with E-state index in [1.807, 2.05) is 25.1 Å². The van der Waals surface area contributed by atoms with Crippen molar-refractivity contribution in [3.63, 3.8) is 0 Å². The second kappa shape index (κ2) is 11.9. The molecule has 0 saturated carbocycles. The number of hydrogen-bond donors (Lipinski definition) is 1. The van der Waals surface area contributed by atoms with Gasteiger partial charge in [-0.3, -0.25) is 4.79 Å². The molecule has 3 atom stereocenters. The van der Waals surface area contributed by atoms with Gasteiger partial charge in [0.05, 0.1) is 13.2 Å². The lowest BCUT2D eigenvalue weighted by molar-refractivity contribution is 0.0563. The van der Waals surface area contributed by atoms with E-state index in [4.69, 9.17) is 4.74 Å². The quantitative estimate of drug-likeness (QED) is 0.598. The van der Waals surface area contributed by atoms with Crippen LogP contribution in [0.25, 0.3) is 0 Å². The zero-order chi connectivity index (χ0) is 26.5. The van der Waals surface area contributed by atoms with Crippen LogP contribution in [0.2, 0.25) is 0 Å². The predicted octanol–water partition coefficient (Wildman–Crippen LogP) is 3.63. The van der Waals surface area contributed by atoms with Crippen LogP contribution >= 0.6 is 0 Å². The zero-order valence-corrected chi connectivity index (χ0v) is 22.5. The van der Waals surface area contributed by atoms with Gasteiger partial charge < -0.3 is 14.7 Å². The monoisotopic (exact) mass is 512 g/mol. The van der Waals surface area contributed by atoms with Crippen molar-refractivity contribution in [2.75, 3.05) is 26.7 Å². The van der Waals surface area contributed by atoms with E-state index in [0.717, 1.165) is 6.42 Å². The third kappa shape index (κ3) is 6.47. The highest BCUT2D eigenvalue weighted by Crippen LogP contribution is 2.34. The van der Waals surface area contributed by atoms with Crippen molar-refractivity contribution in [2.24, 2.45) is 11.8 Å². The Bertz CT molecular complexity index is 1220. The fraction of sp³-hybridized carbons (Fsp3) is 0.464. The number of nitrogens with zero attached hydrogens (tertiary/aromatic N) is 2. The molecular weight excluding hydrogens is 476 g/mol. The van der Waals surface area contributed by atoms with E-state index in [1.165, 1.54) is 10.4 Å². The molecule has 36 heavy (non-hydrogen) atoms. The number of hydrogen-bond acceptors (Lipinski definition) is 5. The summed E-state index contributed by atoms with van der Waals surface area (Å²) < 4.78 is 34.9. The first kappa shape index (κ1) is 27.7. The van der Waals surface area contributed by atoms with Crippen LogP contribution in [0.1, 0.15) is 50.0 Å². The van der Waals surface area contributed by atoms with Crippen LogP contribution in [-0.4, -0.2) is 67.5 Å². The molecule has 1 amide bonds. The summed E-state index contributed by atoms with van der Waals surface area (Å²) in [4.78, 5) is 14.6. The molecule has 0 bridgehead atoms. The first-order valence-electron chi connectivity index (χ1n) is 12.3. The minimum Gasteiger partial charge on any atom is -0.487 e. The molecule has 0 saturated heterocycles. The summed E-state index contributed by atoms with van der Waals surface area (Å²) in [5.74, 6) is 6.45. The van der Waals surface area contributed by atoms with Crippen molar-refractivity contribution in [2.45, 2.75) is 51.2 Å². The van der Waals surface area contributed by atoms with Crippen LogP contribution in [0.3, 0.4) is 0 Å². The standard InChI is InChI=1S/C28H36N2O5S/c1-20(2)10-9-11-23-14-15-27-25(16-23)35-26(18-29(5)28(32)24-12-7-6-8-13-24)21(3)17-30(22(4)19-31)36(27,33)34/h6-8,12-16,20-22,26,31H,10,17-19H2,1-5H3/t21-,22+,26-/m0/s1. The van der Waals surface area contributed by atoms with Gasteiger partial charge in [-0.05, 0) is 43.2 Å². The van der Waals surface area contributed by atoms with Gasteiger partial charge in [-0.2, -0.15) is 4.31 Å². The van der Waals surface area contributed by atoms with Crippen molar-refractivity contribution in [1.82, 2.24) is 9.21 Å². The Morgan fingerprint density at radius 2 is 1.89 bits per heavy atom. The summed E-state index contributed by atoms with van der Waals surface area (Å²) in [6, 6.07) is 13.2. The second-order valence-electron chi connectivity index (χ2n) is 9.85. The summed E-state index contributed by atoms with van der Waals surface area (Å²) in [7, 11) is -2.22. The van der Waals surface area contributed by atoms with Gasteiger partial charge in [0.15, 0.2) is 0 Å². The Morgan fingerprint density at radius 3 is 2.53 bits per heavy atom. The van der Waals surface area contributed by atoms with E-state index in [1.54, 1.807) is 43.1 Å². The van der Waals surface area contributed by atoms with Crippen LogP contribution in [0.4, 0.5) is 0 Å². The number of benzene rings is 2. The molecule has 0 unspecified atom stereocenters. The molecule has 8 heteroatoms. The average molecular weight is 513 g/mol. The van der Waals surface area contributed by atoms with Crippen molar-refractivity contribution in [3.05, 3.63) is 59.7 Å². The van der Waals surface area contributed by atoms with Crippen LogP contribution in [0.5, 0.6) is 5.75 Å². The number of aliphatic hydroxyl groups excluding tert-OH is 1. The lowest BCUT2D eigenvalue weighted by atomic mass is 10.0. The number of rotatable bonds is 6. The minimum atomic E-state index is -3.93. The van der Waals surface area contributed by atoms with Crippen molar-refractivity contribution < 1.29 is 23.1 Å². The van der Waals surface area contributed by atoms with Crippen LogP contribution in [0, 0.1) is 23.7 Å². The minimum absolute atomic E-state index is 0.0335. The van der Waals surface area contributed by atoms with E-state index in [2.05, 4.69) is 25.7 Å². The Kier molecular flexibility index (Phi) is 9.18. The predicted molar refractivity (Wildman–Crippen MR) is 140 cm³/mol. The third-order valence-electron chi connectivity index (χ3n) is 6.23. The average Bonchev–Trinajstić information content (AvgIpc) is 2.85. The van der Waals surface area contributed by atoms with Crippen LogP contribution < -0.4 is 4.74 Å². The number of fused-ring (bicyclic) bond motifs is 1. The molecule has 1 aliphatic rings. The molecule has 0 aliphatic carbocycles. The molecule has 7 nitrogen and oxygen atoms in total. The summed E-state index contributed by atoms with van der Waals surface area (Å²) in [5, 5.41) is 9.80. The molecule has 194 valence electrons. The molecule has 2 aromatic carbocycles. The van der Waals surface area contributed by atoms with E-state index in [9.17, 15) is 18.3 Å². The summed E-state index contributed by atoms with van der Waals surface area (Å²) >= 11 is 0. The van der Waals surface area contributed by atoms with Crippen LogP contribution in [0.15, 0.2) is 53.4 Å². The molecule has 3 rings (SSSR count). The Morgan fingerprint density at radius 1 is 1.19 bits per heavy atom. The number of sulfonamides is 1. The van der Waals surface area contributed by atoms with Crippen LogP contribution in [-0.2, 0) is 10.0 Å². The molecule has 1 aliphatic heterocycles. The number of ether oxygens (including phenoxy) is 1. The van der Waals surface area contributed by atoms with Crippen molar-refractivity contribution in [3.8, 4) is 17.6 Å². The van der Waals surface area contributed by atoms with Gasteiger partial charge in [0, 0.05) is 43.1 Å². The zero-order valence-electron chi connectivity index (χ0n) is 21.6. The molecular formula is C28H36N2O5S.